The average Bonchev–Trinajstić information content (AvgIpc) is 2.52. The van der Waals surface area contributed by atoms with Gasteiger partial charge in [-0.2, -0.15) is 0 Å². The van der Waals surface area contributed by atoms with Gasteiger partial charge in [0.2, 0.25) is 11.8 Å². The molecule has 2 amide bonds. The highest BCUT2D eigenvalue weighted by Crippen LogP contribution is 2.37. The third-order valence-electron chi connectivity index (χ3n) is 4.71. The van der Waals surface area contributed by atoms with E-state index in [9.17, 15) is 9.59 Å². The highest BCUT2D eigenvalue weighted by atomic mass is 79.9. The summed E-state index contributed by atoms with van der Waals surface area (Å²) in [5.74, 6) is 1.21. The predicted molar refractivity (Wildman–Crippen MR) is 96.6 cm³/mol. The monoisotopic (exact) mass is 410 g/mol. The number of carbonyl (C=O) groups is 2. The van der Waals surface area contributed by atoms with Gasteiger partial charge in [-0.3, -0.25) is 9.59 Å². The molecule has 1 aromatic rings. The molecule has 0 spiro atoms. The lowest BCUT2D eigenvalue weighted by molar-refractivity contribution is -0.132. The molecule has 2 aliphatic rings. The van der Waals surface area contributed by atoms with E-state index in [-0.39, 0.29) is 23.8 Å². The van der Waals surface area contributed by atoms with E-state index in [4.69, 9.17) is 9.47 Å². The van der Waals surface area contributed by atoms with E-state index in [1.54, 1.807) is 6.92 Å². The molecule has 25 heavy (non-hydrogen) atoms. The minimum Gasteiger partial charge on any atom is -0.486 e. The van der Waals surface area contributed by atoms with Gasteiger partial charge in [0.1, 0.15) is 19.3 Å². The Kier molecular flexibility index (Phi) is 5.51. The van der Waals surface area contributed by atoms with Gasteiger partial charge in [0.05, 0.1) is 6.04 Å². The number of nitrogens with one attached hydrogen (secondary N) is 2. The van der Waals surface area contributed by atoms with Crippen molar-refractivity contribution in [1.82, 2.24) is 10.6 Å². The largest absolute Gasteiger partial charge is 0.486 e. The van der Waals surface area contributed by atoms with Crippen LogP contribution in [0.15, 0.2) is 16.6 Å². The smallest absolute Gasteiger partial charge is 0.242 e. The average molecular weight is 411 g/mol. The van der Waals surface area contributed by atoms with Crippen LogP contribution in [0.25, 0.3) is 0 Å². The third kappa shape index (κ3) is 4.08. The van der Waals surface area contributed by atoms with Crippen LogP contribution in [0.2, 0.25) is 0 Å². The molecule has 6 nitrogen and oxygen atoms in total. The molecule has 1 aliphatic carbocycles. The summed E-state index contributed by atoms with van der Waals surface area (Å²) in [7, 11) is 0. The van der Waals surface area contributed by atoms with Gasteiger partial charge >= 0.3 is 0 Å². The summed E-state index contributed by atoms with van der Waals surface area (Å²) in [6.45, 7) is 4.65. The van der Waals surface area contributed by atoms with Crippen LogP contribution in [0.3, 0.4) is 0 Å². The van der Waals surface area contributed by atoms with Gasteiger partial charge in [0, 0.05) is 10.4 Å². The fourth-order valence-corrected chi connectivity index (χ4v) is 3.56. The number of hydrogen-bond donors (Lipinski definition) is 2. The lowest BCUT2D eigenvalue weighted by Gasteiger charge is -2.27. The molecule has 0 bridgehead atoms. The molecule has 0 aromatic heterocycles. The molecule has 7 heteroatoms. The maximum Gasteiger partial charge on any atom is 0.242 e. The molecule has 136 valence electrons. The van der Waals surface area contributed by atoms with Crippen LogP contribution in [-0.4, -0.2) is 31.1 Å². The number of ether oxygens (including phenoxy) is 2. The first-order chi connectivity index (χ1) is 12.0. The van der Waals surface area contributed by atoms with Gasteiger partial charge in [-0.1, -0.05) is 22.4 Å². The Hall–Kier alpha value is -1.76. The minimum atomic E-state index is -0.563. The Morgan fingerprint density at radius 3 is 2.36 bits per heavy atom. The van der Waals surface area contributed by atoms with Crippen LogP contribution in [0, 0.1) is 5.92 Å². The number of hydrogen-bond acceptors (Lipinski definition) is 4. The molecule has 1 fully saturated rings. The van der Waals surface area contributed by atoms with Crippen molar-refractivity contribution in [2.45, 2.75) is 45.2 Å². The van der Waals surface area contributed by atoms with Crippen LogP contribution < -0.4 is 20.1 Å². The van der Waals surface area contributed by atoms with E-state index < -0.39 is 6.04 Å². The standard InChI is InChI=1S/C18H23BrN2O4/c1-10(13-8-15-16(9-14(13)19)25-7-6-24-15)20-17(22)11(2)21-18(23)12-4-3-5-12/h8-12H,3-7H2,1-2H3,(H,20,22)(H,21,23)/t10-,11+/m1/s1. The van der Waals surface area contributed by atoms with Crippen molar-refractivity contribution >= 4 is 27.7 Å². The number of benzene rings is 1. The number of carbonyl (C=O) groups excluding carboxylic acids is 2. The van der Waals surface area contributed by atoms with Gasteiger partial charge < -0.3 is 20.1 Å². The fourth-order valence-electron chi connectivity index (χ4n) is 2.89. The van der Waals surface area contributed by atoms with Gasteiger partial charge in [-0.25, -0.2) is 0 Å². The molecule has 2 N–H and O–H groups in total. The van der Waals surface area contributed by atoms with E-state index in [2.05, 4.69) is 26.6 Å². The number of amides is 2. The number of halogens is 1. The molecular formula is C18H23BrN2O4. The maximum atomic E-state index is 12.4. The SMILES string of the molecule is C[C@H](NC(=O)C1CCC1)C(=O)N[C@H](C)c1cc2c(cc1Br)OCCO2. The first-order valence-corrected chi connectivity index (χ1v) is 9.45. The quantitative estimate of drug-likeness (QED) is 0.781. The van der Waals surface area contributed by atoms with Crippen molar-refractivity contribution in [3.63, 3.8) is 0 Å². The molecule has 3 rings (SSSR count). The van der Waals surface area contributed by atoms with Gasteiger partial charge in [0.25, 0.3) is 0 Å². The number of rotatable bonds is 5. The summed E-state index contributed by atoms with van der Waals surface area (Å²) in [4.78, 5) is 24.4. The molecule has 0 radical (unpaired) electrons. The summed E-state index contributed by atoms with van der Waals surface area (Å²) in [6, 6.07) is 2.93. The van der Waals surface area contributed by atoms with Crippen LogP contribution in [0.1, 0.15) is 44.7 Å². The molecule has 0 saturated heterocycles. The number of fused-ring (bicyclic) bond motifs is 1. The highest BCUT2D eigenvalue weighted by Gasteiger charge is 2.28. The van der Waals surface area contributed by atoms with Gasteiger partial charge in [-0.05, 0) is 44.4 Å². The summed E-state index contributed by atoms with van der Waals surface area (Å²) < 4.78 is 12.0. The lowest BCUT2D eigenvalue weighted by atomic mass is 9.84. The summed E-state index contributed by atoms with van der Waals surface area (Å²) >= 11 is 3.52. The Labute approximate surface area is 155 Å². The molecule has 2 atom stereocenters. The van der Waals surface area contributed by atoms with Crippen molar-refractivity contribution in [3.05, 3.63) is 22.2 Å². The van der Waals surface area contributed by atoms with E-state index in [0.29, 0.717) is 24.7 Å². The van der Waals surface area contributed by atoms with E-state index in [1.807, 2.05) is 19.1 Å². The van der Waals surface area contributed by atoms with E-state index >= 15 is 0 Å². The predicted octanol–water partition coefficient (Wildman–Crippen LogP) is 2.70. The van der Waals surface area contributed by atoms with E-state index in [1.165, 1.54) is 0 Å². The van der Waals surface area contributed by atoms with Crippen molar-refractivity contribution in [2.75, 3.05) is 13.2 Å². The Morgan fingerprint density at radius 1 is 1.12 bits per heavy atom. The van der Waals surface area contributed by atoms with Gasteiger partial charge in [-0.15, -0.1) is 0 Å². The zero-order valence-corrected chi connectivity index (χ0v) is 16.0. The van der Waals surface area contributed by atoms with Crippen LogP contribution in [0.4, 0.5) is 0 Å². The van der Waals surface area contributed by atoms with E-state index in [0.717, 1.165) is 29.3 Å². The highest BCUT2D eigenvalue weighted by molar-refractivity contribution is 9.10. The molecule has 1 aliphatic heterocycles. The summed E-state index contributed by atoms with van der Waals surface area (Å²) in [5.41, 5.74) is 0.898. The molecule has 1 aromatic carbocycles. The van der Waals surface area contributed by atoms with Crippen molar-refractivity contribution in [3.8, 4) is 11.5 Å². The van der Waals surface area contributed by atoms with Crippen LogP contribution >= 0.6 is 15.9 Å². The normalized spacial score (nSPS) is 18.7. The second-order valence-electron chi connectivity index (χ2n) is 6.61. The lowest BCUT2D eigenvalue weighted by Crippen LogP contribution is -2.48. The molecule has 1 saturated carbocycles. The minimum absolute atomic E-state index is 0.0259. The summed E-state index contributed by atoms with van der Waals surface area (Å²) in [6.07, 6.45) is 2.93. The molecule has 1 heterocycles. The second kappa shape index (κ2) is 7.64. The van der Waals surface area contributed by atoms with Crippen LogP contribution in [-0.2, 0) is 9.59 Å². The Morgan fingerprint density at radius 2 is 1.76 bits per heavy atom. The zero-order chi connectivity index (χ0) is 18.0. The van der Waals surface area contributed by atoms with Crippen molar-refractivity contribution < 1.29 is 19.1 Å². The first kappa shape index (κ1) is 18.0. The fraction of sp³-hybridized carbons (Fsp3) is 0.556. The Balaban J connectivity index is 1.61. The van der Waals surface area contributed by atoms with Crippen molar-refractivity contribution in [2.24, 2.45) is 5.92 Å². The Bertz CT molecular complexity index is 675. The zero-order valence-electron chi connectivity index (χ0n) is 14.4. The topological polar surface area (TPSA) is 76.7 Å². The third-order valence-corrected chi connectivity index (χ3v) is 5.40. The van der Waals surface area contributed by atoms with Gasteiger partial charge in [0.15, 0.2) is 11.5 Å². The first-order valence-electron chi connectivity index (χ1n) is 8.65. The molecule has 0 unspecified atom stereocenters. The van der Waals surface area contributed by atoms with Crippen molar-refractivity contribution in [1.29, 1.82) is 0 Å². The second-order valence-corrected chi connectivity index (χ2v) is 7.46. The van der Waals surface area contributed by atoms with Crippen LogP contribution in [0.5, 0.6) is 11.5 Å². The maximum absolute atomic E-state index is 12.4. The summed E-state index contributed by atoms with van der Waals surface area (Å²) in [5, 5.41) is 5.74. The molecular weight excluding hydrogens is 388 g/mol.